The highest BCUT2D eigenvalue weighted by Gasteiger charge is 2.30. The van der Waals surface area contributed by atoms with Gasteiger partial charge in [-0.25, -0.2) is 0 Å². The van der Waals surface area contributed by atoms with E-state index in [1.807, 2.05) is 6.92 Å². The van der Waals surface area contributed by atoms with Gasteiger partial charge in [-0.15, -0.1) is 0 Å². The maximum Gasteiger partial charge on any atom is 0.282 e. The van der Waals surface area contributed by atoms with E-state index >= 15 is 0 Å². The van der Waals surface area contributed by atoms with Crippen molar-refractivity contribution in [2.24, 2.45) is 5.92 Å². The molecule has 0 bridgehead atoms. The van der Waals surface area contributed by atoms with E-state index in [0.717, 1.165) is 12.8 Å². The number of carbonyl (C=O) groups excluding carboxylic acids is 1. The van der Waals surface area contributed by atoms with Crippen LogP contribution < -0.4 is 5.32 Å². The molecule has 17 heavy (non-hydrogen) atoms. The van der Waals surface area contributed by atoms with Gasteiger partial charge >= 0.3 is 0 Å². The second-order valence-electron chi connectivity index (χ2n) is 4.37. The molecule has 90 valence electrons. The summed E-state index contributed by atoms with van der Waals surface area (Å²) in [5.74, 6) is 0.165. The molecule has 0 radical (unpaired) electrons. The molecule has 0 aliphatic heterocycles. The van der Waals surface area contributed by atoms with E-state index in [1.54, 1.807) is 12.1 Å². The van der Waals surface area contributed by atoms with Gasteiger partial charge in [0.25, 0.3) is 11.6 Å². The van der Waals surface area contributed by atoms with Crippen LogP contribution in [0.15, 0.2) is 24.3 Å². The highest BCUT2D eigenvalue weighted by atomic mass is 16.6. The molecule has 1 aliphatic carbocycles. The van der Waals surface area contributed by atoms with Crippen LogP contribution in [-0.4, -0.2) is 16.9 Å². The molecule has 1 aromatic rings. The molecule has 2 rings (SSSR count). The van der Waals surface area contributed by atoms with Crippen molar-refractivity contribution < 1.29 is 9.72 Å². The van der Waals surface area contributed by atoms with Crippen LogP contribution in [0.25, 0.3) is 0 Å². The van der Waals surface area contributed by atoms with Crippen molar-refractivity contribution in [3.05, 3.63) is 39.9 Å². The van der Waals surface area contributed by atoms with Gasteiger partial charge in [-0.05, 0) is 31.7 Å². The lowest BCUT2D eigenvalue weighted by molar-refractivity contribution is -0.385. The summed E-state index contributed by atoms with van der Waals surface area (Å²) in [5.41, 5.74) is -0.0157. The second-order valence-corrected chi connectivity index (χ2v) is 4.37. The minimum Gasteiger partial charge on any atom is -0.349 e. The van der Waals surface area contributed by atoms with Crippen LogP contribution in [0, 0.1) is 16.0 Å². The molecule has 5 heteroatoms. The Morgan fingerprint density at radius 1 is 1.47 bits per heavy atom. The van der Waals surface area contributed by atoms with Gasteiger partial charge in [0.15, 0.2) is 0 Å². The van der Waals surface area contributed by atoms with E-state index in [2.05, 4.69) is 5.32 Å². The van der Waals surface area contributed by atoms with Crippen LogP contribution in [0.2, 0.25) is 0 Å². The van der Waals surface area contributed by atoms with Gasteiger partial charge in [0.2, 0.25) is 0 Å². The average Bonchev–Trinajstić information content (AvgIpc) is 3.12. The third kappa shape index (κ3) is 2.61. The van der Waals surface area contributed by atoms with Gasteiger partial charge in [-0.2, -0.15) is 0 Å². The normalized spacial score (nSPS) is 16.3. The molecule has 1 fully saturated rings. The highest BCUT2D eigenvalue weighted by Crippen LogP contribution is 2.32. The predicted molar refractivity (Wildman–Crippen MR) is 62.7 cm³/mol. The van der Waals surface area contributed by atoms with Crippen molar-refractivity contribution in [1.82, 2.24) is 5.32 Å². The second kappa shape index (κ2) is 4.53. The highest BCUT2D eigenvalue weighted by molar-refractivity contribution is 5.98. The predicted octanol–water partition coefficient (Wildman–Crippen LogP) is 2.12. The maximum atomic E-state index is 11.9. The Morgan fingerprint density at radius 2 is 2.12 bits per heavy atom. The first-order valence-corrected chi connectivity index (χ1v) is 5.64. The van der Waals surface area contributed by atoms with Gasteiger partial charge in [0, 0.05) is 12.1 Å². The summed E-state index contributed by atoms with van der Waals surface area (Å²) in [6.07, 6.45) is 2.25. The summed E-state index contributed by atoms with van der Waals surface area (Å²) in [5, 5.41) is 13.6. The zero-order valence-corrected chi connectivity index (χ0v) is 9.55. The number of hydrogen-bond acceptors (Lipinski definition) is 3. The number of hydrogen-bond donors (Lipinski definition) is 1. The maximum absolute atomic E-state index is 11.9. The van der Waals surface area contributed by atoms with E-state index in [9.17, 15) is 14.9 Å². The summed E-state index contributed by atoms with van der Waals surface area (Å²) in [7, 11) is 0. The molecule has 1 unspecified atom stereocenters. The van der Waals surface area contributed by atoms with Crippen molar-refractivity contribution in [2.45, 2.75) is 25.8 Å². The molecule has 1 amide bonds. The van der Waals surface area contributed by atoms with E-state index < -0.39 is 4.92 Å². The lowest BCUT2D eigenvalue weighted by atomic mass is 10.1. The van der Waals surface area contributed by atoms with Gasteiger partial charge in [-0.1, -0.05) is 12.1 Å². The van der Waals surface area contributed by atoms with Crippen molar-refractivity contribution in [3.8, 4) is 0 Å². The lowest BCUT2D eigenvalue weighted by Gasteiger charge is -2.12. The number of nitrogens with zero attached hydrogens (tertiary/aromatic N) is 1. The van der Waals surface area contributed by atoms with Crippen LogP contribution in [0.3, 0.4) is 0 Å². The Hall–Kier alpha value is -1.91. The van der Waals surface area contributed by atoms with Gasteiger partial charge in [0.05, 0.1) is 4.92 Å². The van der Waals surface area contributed by atoms with Crippen LogP contribution >= 0.6 is 0 Å². The molecule has 0 spiro atoms. The van der Waals surface area contributed by atoms with Gasteiger partial charge in [-0.3, -0.25) is 14.9 Å². The van der Waals surface area contributed by atoms with Gasteiger partial charge in [0.1, 0.15) is 5.56 Å². The van der Waals surface area contributed by atoms with Crippen LogP contribution in [0.5, 0.6) is 0 Å². The topological polar surface area (TPSA) is 72.2 Å². The standard InChI is InChI=1S/C12H14N2O3/c1-8(9-6-7-9)13-12(15)10-4-2-3-5-11(10)14(16)17/h2-5,8-9H,6-7H2,1H3,(H,13,15). The fourth-order valence-corrected chi connectivity index (χ4v) is 1.82. The third-order valence-electron chi connectivity index (χ3n) is 3.03. The van der Waals surface area contributed by atoms with E-state index in [0.29, 0.717) is 5.92 Å². The summed E-state index contributed by atoms with van der Waals surface area (Å²) >= 11 is 0. The first-order chi connectivity index (χ1) is 8.09. The van der Waals surface area contributed by atoms with E-state index in [4.69, 9.17) is 0 Å². The molecular formula is C12H14N2O3. The Kier molecular flexibility index (Phi) is 3.08. The Morgan fingerprint density at radius 3 is 2.71 bits per heavy atom. The molecule has 1 saturated carbocycles. The fraction of sp³-hybridized carbons (Fsp3) is 0.417. The van der Waals surface area contributed by atoms with Gasteiger partial charge < -0.3 is 5.32 Å². The number of amides is 1. The monoisotopic (exact) mass is 234 g/mol. The van der Waals surface area contributed by atoms with Crippen LogP contribution in [0.4, 0.5) is 5.69 Å². The number of benzene rings is 1. The minimum atomic E-state index is -0.531. The Bertz CT molecular complexity index is 455. The largest absolute Gasteiger partial charge is 0.349 e. The Balaban J connectivity index is 2.15. The smallest absolute Gasteiger partial charge is 0.282 e. The number of nitro benzene ring substituents is 1. The average molecular weight is 234 g/mol. The molecular weight excluding hydrogens is 220 g/mol. The minimum absolute atomic E-state index is 0.0855. The third-order valence-corrected chi connectivity index (χ3v) is 3.03. The molecule has 0 aromatic heterocycles. The SMILES string of the molecule is CC(NC(=O)c1ccccc1[N+](=O)[O-])C1CC1. The van der Waals surface area contributed by atoms with Crippen molar-refractivity contribution in [1.29, 1.82) is 0 Å². The van der Waals surface area contributed by atoms with E-state index in [1.165, 1.54) is 12.1 Å². The molecule has 1 aliphatic rings. The molecule has 1 aromatic carbocycles. The van der Waals surface area contributed by atoms with Crippen LogP contribution in [0.1, 0.15) is 30.1 Å². The van der Waals surface area contributed by atoms with Crippen LogP contribution in [-0.2, 0) is 0 Å². The summed E-state index contributed by atoms with van der Waals surface area (Å²) in [4.78, 5) is 22.1. The number of para-hydroxylation sites is 1. The van der Waals surface area contributed by atoms with Crippen molar-refractivity contribution in [2.75, 3.05) is 0 Å². The summed E-state index contributed by atoms with van der Waals surface area (Å²) in [6, 6.07) is 6.09. The molecule has 1 N–H and O–H groups in total. The quantitative estimate of drug-likeness (QED) is 0.640. The summed E-state index contributed by atoms with van der Waals surface area (Å²) < 4.78 is 0. The molecule has 0 heterocycles. The molecule has 5 nitrogen and oxygen atoms in total. The number of nitrogens with one attached hydrogen (secondary N) is 1. The zero-order chi connectivity index (χ0) is 12.4. The first-order valence-electron chi connectivity index (χ1n) is 5.64. The molecule has 1 atom stereocenters. The molecule has 0 saturated heterocycles. The van der Waals surface area contributed by atoms with E-state index in [-0.39, 0.29) is 23.2 Å². The number of nitro groups is 1. The van der Waals surface area contributed by atoms with Crippen molar-refractivity contribution >= 4 is 11.6 Å². The Labute approximate surface area is 99.0 Å². The lowest BCUT2D eigenvalue weighted by Crippen LogP contribution is -2.34. The number of carbonyl (C=O) groups is 1. The fourth-order valence-electron chi connectivity index (χ4n) is 1.82. The zero-order valence-electron chi connectivity index (χ0n) is 9.55. The first kappa shape index (κ1) is 11.6. The number of rotatable bonds is 4. The summed E-state index contributed by atoms with van der Waals surface area (Å²) in [6.45, 7) is 1.93. The van der Waals surface area contributed by atoms with Crippen molar-refractivity contribution in [3.63, 3.8) is 0 Å².